The molecule has 1 aliphatic rings. The van der Waals surface area contributed by atoms with Gasteiger partial charge in [-0.05, 0) is 100 Å². The third-order valence-corrected chi connectivity index (χ3v) is 9.38. The van der Waals surface area contributed by atoms with E-state index in [9.17, 15) is 0 Å². The van der Waals surface area contributed by atoms with Gasteiger partial charge in [0.25, 0.3) is 0 Å². The van der Waals surface area contributed by atoms with E-state index in [2.05, 4.69) is 132 Å². The van der Waals surface area contributed by atoms with Gasteiger partial charge in [0.2, 0.25) is 0 Å². The van der Waals surface area contributed by atoms with Crippen LogP contribution in [0.1, 0.15) is 27.8 Å². The first kappa shape index (κ1) is 25.0. The van der Waals surface area contributed by atoms with Crippen molar-refractivity contribution >= 4 is 32.6 Å². The molecule has 8 aromatic rings. The van der Waals surface area contributed by atoms with Gasteiger partial charge in [-0.25, -0.2) is 0 Å². The third kappa shape index (κ3) is 3.90. The number of pyridine rings is 2. The molecule has 0 atom stereocenters. The molecule has 0 aliphatic heterocycles. The van der Waals surface area contributed by atoms with Crippen molar-refractivity contribution in [1.29, 1.82) is 0 Å². The number of aromatic nitrogens is 3. The summed E-state index contributed by atoms with van der Waals surface area (Å²) in [6.45, 7) is 2.19. The molecule has 208 valence electrons. The highest BCUT2D eigenvalue weighted by Crippen LogP contribution is 2.41. The Balaban J connectivity index is 1.12. The van der Waals surface area contributed by atoms with Crippen LogP contribution in [0.3, 0.4) is 0 Å². The summed E-state index contributed by atoms with van der Waals surface area (Å²) in [5.41, 5.74) is 15.1. The molecule has 0 fully saturated rings. The lowest BCUT2D eigenvalue weighted by Gasteiger charge is -2.11. The summed E-state index contributed by atoms with van der Waals surface area (Å²) < 4.78 is 2.40. The van der Waals surface area contributed by atoms with Crippen molar-refractivity contribution < 1.29 is 0 Å². The van der Waals surface area contributed by atoms with Crippen LogP contribution >= 0.6 is 0 Å². The molecule has 3 heterocycles. The van der Waals surface area contributed by atoms with Crippen LogP contribution in [0.2, 0.25) is 0 Å². The Bertz CT molecular complexity index is 2400. The molecule has 0 bridgehead atoms. The fourth-order valence-electron chi connectivity index (χ4n) is 7.08. The minimum absolute atomic E-state index is 0.912. The van der Waals surface area contributed by atoms with E-state index in [-0.39, 0.29) is 0 Å². The van der Waals surface area contributed by atoms with E-state index in [0.29, 0.717) is 0 Å². The average molecular weight is 564 g/mol. The molecule has 0 saturated carbocycles. The second kappa shape index (κ2) is 9.75. The monoisotopic (exact) mass is 563 g/mol. The highest BCUT2D eigenvalue weighted by molar-refractivity contribution is 6.10. The number of benzene rings is 5. The summed E-state index contributed by atoms with van der Waals surface area (Å²) in [5.74, 6) is 0. The average Bonchev–Trinajstić information content (AvgIpc) is 3.61. The van der Waals surface area contributed by atoms with Gasteiger partial charge in [0.15, 0.2) is 0 Å². The number of para-hydroxylation sites is 1. The van der Waals surface area contributed by atoms with Gasteiger partial charge in [-0.15, -0.1) is 0 Å². The van der Waals surface area contributed by atoms with Gasteiger partial charge in [0.1, 0.15) is 0 Å². The molecule has 9 rings (SSSR count). The van der Waals surface area contributed by atoms with Crippen LogP contribution in [-0.2, 0) is 12.8 Å². The first-order chi connectivity index (χ1) is 21.7. The van der Waals surface area contributed by atoms with E-state index in [0.717, 1.165) is 23.9 Å². The molecular weight excluding hydrogens is 534 g/mol. The summed E-state index contributed by atoms with van der Waals surface area (Å²) in [6, 6.07) is 42.4. The highest BCUT2D eigenvalue weighted by Gasteiger charge is 2.23. The van der Waals surface area contributed by atoms with Gasteiger partial charge >= 0.3 is 0 Å². The quantitative estimate of drug-likeness (QED) is 0.213. The van der Waals surface area contributed by atoms with E-state index < -0.39 is 0 Å². The Hall–Kier alpha value is -5.54. The number of fused-ring (bicyclic) bond motifs is 8. The van der Waals surface area contributed by atoms with Gasteiger partial charge in [-0.1, -0.05) is 72.8 Å². The van der Waals surface area contributed by atoms with Crippen molar-refractivity contribution in [2.45, 2.75) is 19.8 Å². The lowest BCUT2D eigenvalue weighted by Crippen LogP contribution is -1.96. The van der Waals surface area contributed by atoms with Crippen LogP contribution in [0.15, 0.2) is 134 Å². The molecule has 3 nitrogen and oxygen atoms in total. The highest BCUT2D eigenvalue weighted by atomic mass is 15.0. The molecule has 1 aliphatic carbocycles. The standard InChI is InChI=1S/C41H29N3/c1-26-6-2-3-7-28(26)20-27-10-15-33(16-11-27)44-39-9-5-4-8-35(39)37-22-30(14-17-40(37)44)29-12-13-31-23-38-34-18-19-42-24-32(34)25-43-41(38)36(31)21-29/h2-19,21-22,24-25H,20,23H2,1H3. The van der Waals surface area contributed by atoms with E-state index in [1.807, 2.05) is 18.6 Å². The van der Waals surface area contributed by atoms with Crippen LogP contribution in [0.25, 0.3) is 60.6 Å². The SMILES string of the molecule is Cc1ccccc1Cc1ccc(-n2c3ccccc3c3cc(-c4ccc5c(c4)-c4ncc6cnccc6c4C5)ccc32)cc1. The molecule has 0 spiro atoms. The minimum atomic E-state index is 0.912. The van der Waals surface area contributed by atoms with Crippen molar-refractivity contribution in [3.8, 4) is 28.1 Å². The third-order valence-electron chi connectivity index (χ3n) is 9.38. The Morgan fingerprint density at radius 2 is 1.48 bits per heavy atom. The normalized spacial score (nSPS) is 12.2. The zero-order valence-electron chi connectivity index (χ0n) is 24.5. The maximum atomic E-state index is 4.88. The largest absolute Gasteiger partial charge is 0.309 e. The van der Waals surface area contributed by atoms with Gasteiger partial charge < -0.3 is 4.57 Å². The second-order valence-corrected chi connectivity index (χ2v) is 12.0. The van der Waals surface area contributed by atoms with Crippen molar-refractivity contribution in [1.82, 2.24) is 14.5 Å². The first-order valence-electron chi connectivity index (χ1n) is 15.2. The van der Waals surface area contributed by atoms with Gasteiger partial charge in [0.05, 0.1) is 16.7 Å². The summed E-state index contributed by atoms with van der Waals surface area (Å²) >= 11 is 0. The van der Waals surface area contributed by atoms with Crippen LogP contribution in [0.4, 0.5) is 0 Å². The van der Waals surface area contributed by atoms with Crippen molar-refractivity contribution in [2.24, 2.45) is 0 Å². The molecule has 0 N–H and O–H groups in total. The van der Waals surface area contributed by atoms with E-state index in [4.69, 9.17) is 4.98 Å². The lowest BCUT2D eigenvalue weighted by molar-refractivity contribution is 1.13. The lowest BCUT2D eigenvalue weighted by atomic mass is 9.98. The molecule has 0 radical (unpaired) electrons. The predicted molar refractivity (Wildman–Crippen MR) is 182 cm³/mol. The van der Waals surface area contributed by atoms with E-state index in [1.165, 1.54) is 77.4 Å². The molecule has 5 aromatic carbocycles. The maximum absolute atomic E-state index is 4.88. The fourth-order valence-corrected chi connectivity index (χ4v) is 7.08. The van der Waals surface area contributed by atoms with Crippen molar-refractivity contribution in [3.63, 3.8) is 0 Å². The summed E-state index contributed by atoms with van der Waals surface area (Å²) in [6.07, 6.45) is 7.59. The molecule has 0 unspecified atom stereocenters. The molecule has 44 heavy (non-hydrogen) atoms. The van der Waals surface area contributed by atoms with Gasteiger partial charge in [-0.2, -0.15) is 0 Å². The Morgan fingerprint density at radius 1 is 0.682 bits per heavy atom. The number of hydrogen-bond donors (Lipinski definition) is 0. The van der Waals surface area contributed by atoms with Crippen LogP contribution in [0, 0.1) is 6.92 Å². The molecule has 0 saturated heterocycles. The zero-order chi connectivity index (χ0) is 29.2. The van der Waals surface area contributed by atoms with Gasteiger partial charge in [-0.3, -0.25) is 9.97 Å². The van der Waals surface area contributed by atoms with Crippen molar-refractivity contribution in [2.75, 3.05) is 0 Å². The predicted octanol–water partition coefficient (Wildman–Crippen LogP) is 9.86. The van der Waals surface area contributed by atoms with E-state index in [1.54, 1.807) is 0 Å². The molecule has 0 amide bonds. The van der Waals surface area contributed by atoms with Crippen molar-refractivity contribution in [3.05, 3.63) is 162 Å². The molecule has 3 heteroatoms. The van der Waals surface area contributed by atoms with Crippen LogP contribution < -0.4 is 0 Å². The Morgan fingerprint density at radius 3 is 2.39 bits per heavy atom. The first-order valence-corrected chi connectivity index (χ1v) is 15.2. The van der Waals surface area contributed by atoms with Crippen LogP contribution in [-0.4, -0.2) is 14.5 Å². The smallest absolute Gasteiger partial charge is 0.0746 e. The minimum Gasteiger partial charge on any atom is -0.309 e. The summed E-state index contributed by atoms with van der Waals surface area (Å²) in [4.78, 5) is 9.17. The summed E-state index contributed by atoms with van der Waals surface area (Å²) in [7, 11) is 0. The fraction of sp³-hybridized carbons (Fsp3) is 0.0732. The zero-order valence-corrected chi connectivity index (χ0v) is 24.5. The number of nitrogens with zero attached hydrogens (tertiary/aromatic N) is 3. The topological polar surface area (TPSA) is 30.7 Å². The van der Waals surface area contributed by atoms with Gasteiger partial charge in [0, 0.05) is 52.4 Å². The Labute approximate surface area is 256 Å². The Kier molecular flexibility index (Phi) is 5.54. The molecule has 3 aromatic heterocycles. The van der Waals surface area contributed by atoms with Crippen LogP contribution in [0.5, 0.6) is 0 Å². The molecular formula is C41H29N3. The van der Waals surface area contributed by atoms with E-state index >= 15 is 0 Å². The number of rotatable bonds is 4. The summed E-state index contributed by atoms with van der Waals surface area (Å²) in [5, 5.41) is 4.88. The number of aryl methyl sites for hydroxylation is 1. The second-order valence-electron chi connectivity index (χ2n) is 12.0. The maximum Gasteiger partial charge on any atom is 0.0746 e. The number of hydrogen-bond acceptors (Lipinski definition) is 2.